The summed E-state index contributed by atoms with van der Waals surface area (Å²) in [6.45, 7) is 5.36. The Labute approximate surface area is 187 Å². The van der Waals surface area contributed by atoms with Crippen LogP contribution in [0.1, 0.15) is 37.0 Å². The molecule has 1 unspecified atom stereocenters. The van der Waals surface area contributed by atoms with E-state index in [0.29, 0.717) is 26.1 Å². The van der Waals surface area contributed by atoms with Crippen LogP contribution >= 0.6 is 0 Å². The zero-order valence-electron chi connectivity index (χ0n) is 18.4. The first-order valence-electron chi connectivity index (χ1n) is 10.9. The highest BCUT2D eigenvalue weighted by molar-refractivity contribution is 7.89. The molecule has 0 aliphatic carbocycles. The zero-order chi connectivity index (χ0) is 22.1. The van der Waals surface area contributed by atoms with Crippen molar-refractivity contribution in [3.8, 4) is 0 Å². The van der Waals surface area contributed by atoms with Gasteiger partial charge in [-0.2, -0.15) is 0 Å². The van der Waals surface area contributed by atoms with Crippen molar-refractivity contribution < 1.29 is 8.42 Å². The Kier molecular flexibility index (Phi) is 8.41. The minimum Gasteiger partial charge on any atom is -0.219 e. The molecular weight excluding hydrogens is 404 g/mol. The minimum atomic E-state index is -3.54. The van der Waals surface area contributed by atoms with Gasteiger partial charge in [-0.3, -0.25) is 0 Å². The van der Waals surface area contributed by atoms with Crippen molar-refractivity contribution in [3.63, 3.8) is 0 Å². The molecule has 4 nitrogen and oxygen atoms in total. The summed E-state index contributed by atoms with van der Waals surface area (Å²) in [7, 11) is -3.54. The van der Waals surface area contributed by atoms with Crippen molar-refractivity contribution in [3.05, 3.63) is 108 Å². The van der Waals surface area contributed by atoms with Crippen LogP contribution in [0.25, 0.3) is 0 Å². The average Bonchev–Trinajstić information content (AvgIpc) is 2.79. The van der Waals surface area contributed by atoms with Crippen molar-refractivity contribution in [1.82, 2.24) is 9.42 Å². The van der Waals surface area contributed by atoms with Gasteiger partial charge in [-0.25, -0.2) is 13.4 Å². The van der Waals surface area contributed by atoms with Gasteiger partial charge >= 0.3 is 0 Å². The Morgan fingerprint density at radius 2 is 1.13 bits per heavy atom. The lowest BCUT2D eigenvalue weighted by molar-refractivity contribution is 0.0399. The van der Waals surface area contributed by atoms with E-state index in [4.69, 9.17) is 0 Å². The topological polar surface area (TPSA) is 40.6 Å². The van der Waals surface area contributed by atoms with Crippen LogP contribution in [0.2, 0.25) is 0 Å². The van der Waals surface area contributed by atoms with E-state index in [9.17, 15) is 8.42 Å². The molecule has 0 aliphatic rings. The highest BCUT2D eigenvalue weighted by Gasteiger charge is 2.33. The molecule has 3 rings (SSSR count). The second kappa shape index (κ2) is 11.2. The Balaban J connectivity index is 1.90. The van der Waals surface area contributed by atoms with Gasteiger partial charge < -0.3 is 0 Å². The van der Waals surface area contributed by atoms with Crippen LogP contribution in [0, 0.1) is 0 Å². The molecule has 164 valence electrons. The summed E-state index contributed by atoms with van der Waals surface area (Å²) in [6, 6.07) is 29.9. The third kappa shape index (κ3) is 6.50. The SMILES string of the molecule is CCCN(N(Cc1ccccc1)Cc1ccccc1)S(=O)(=O)C(C)Cc1ccccc1. The number of benzene rings is 3. The molecule has 1 atom stereocenters. The van der Waals surface area contributed by atoms with Crippen molar-refractivity contribution in [2.24, 2.45) is 0 Å². The molecule has 0 fully saturated rings. The molecule has 0 saturated carbocycles. The fourth-order valence-electron chi connectivity index (χ4n) is 3.68. The summed E-state index contributed by atoms with van der Waals surface area (Å²) >= 11 is 0. The highest BCUT2D eigenvalue weighted by atomic mass is 32.2. The van der Waals surface area contributed by atoms with Gasteiger partial charge in [-0.05, 0) is 36.5 Å². The Morgan fingerprint density at radius 1 is 0.710 bits per heavy atom. The minimum absolute atomic E-state index is 0.459. The van der Waals surface area contributed by atoms with Crippen molar-refractivity contribution >= 4 is 10.0 Å². The number of rotatable bonds is 11. The van der Waals surface area contributed by atoms with Crippen molar-refractivity contribution in [2.45, 2.75) is 45.0 Å². The standard InChI is InChI=1S/C26H32N2O2S/c1-3-19-28(31(29,30)23(2)20-24-13-7-4-8-14-24)27(21-25-15-9-5-10-16-25)22-26-17-11-6-12-18-26/h4-18,23H,3,19-22H2,1-2H3. The lowest BCUT2D eigenvalue weighted by atomic mass is 10.1. The van der Waals surface area contributed by atoms with Gasteiger partial charge in [0.25, 0.3) is 0 Å². The third-order valence-electron chi connectivity index (χ3n) is 5.31. The smallest absolute Gasteiger partial charge is 0.219 e. The predicted octanol–water partition coefficient (Wildman–Crippen LogP) is 5.28. The summed E-state index contributed by atoms with van der Waals surface area (Å²) in [5, 5.41) is 1.46. The largest absolute Gasteiger partial charge is 0.229 e. The predicted molar refractivity (Wildman–Crippen MR) is 128 cm³/mol. The van der Waals surface area contributed by atoms with E-state index in [2.05, 4.69) is 0 Å². The second-order valence-corrected chi connectivity index (χ2v) is 10.1. The fraction of sp³-hybridized carbons (Fsp3) is 0.308. The molecule has 0 radical (unpaired) electrons. The number of hydrazine groups is 1. The average molecular weight is 437 g/mol. The third-order valence-corrected chi connectivity index (χ3v) is 7.50. The van der Waals surface area contributed by atoms with E-state index in [-0.39, 0.29) is 0 Å². The van der Waals surface area contributed by atoms with Gasteiger partial charge in [0, 0.05) is 19.6 Å². The van der Waals surface area contributed by atoms with Crippen LogP contribution in [0.5, 0.6) is 0 Å². The van der Waals surface area contributed by atoms with Gasteiger partial charge in [0.1, 0.15) is 0 Å². The number of hydrogen-bond donors (Lipinski definition) is 0. The lowest BCUT2D eigenvalue weighted by Gasteiger charge is -2.36. The molecule has 0 heterocycles. The number of sulfonamides is 1. The molecule has 3 aromatic carbocycles. The van der Waals surface area contributed by atoms with Gasteiger partial charge in [-0.15, -0.1) is 4.41 Å². The number of hydrogen-bond acceptors (Lipinski definition) is 3. The summed E-state index contributed by atoms with van der Waals surface area (Å²) in [5.41, 5.74) is 3.21. The van der Waals surface area contributed by atoms with Gasteiger partial charge in [-0.1, -0.05) is 97.9 Å². The second-order valence-electron chi connectivity index (χ2n) is 7.88. The summed E-state index contributed by atoms with van der Waals surface area (Å²) in [6.07, 6.45) is 1.24. The van der Waals surface area contributed by atoms with E-state index in [1.165, 1.54) is 0 Å². The first-order chi connectivity index (χ1) is 15.0. The Morgan fingerprint density at radius 3 is 1.55 bits per heavy atom. The highest BCUT2D eigenvalue weighted by Crippen LogP contribution is 2.21. The molecule has 0 spiro atoms. The number of nitrogens with zero attached hydrogens (tertiary/aromatic N) is 2. The van der Waals surface area contributed by atoms with Crippen LogP contribution in [-0.4, -0.2) is 29.6 Å². The van der Waals surface area contributed by atoms with E-state index in [1.54, 1.807) is 4.41 Å². The normalized spacial score (nSPS) is 12.9. The fourth-order valence-corrected chi connectivity index (χ4v) is 5.37. The lowest BCUT2D eigenvalue weighted by Crippen LogP contribution is -2.49. The van der Waals surface area contributed by atoms with Crippen LogP contribution < -0.4 is 0 Å². The molecule has 3 aromatic rings. The van der Waals surface area contributed by atoms with Crippen molar-refractivity contribution in [1.29, 1.82) is 0 Å². The summed E-state index contributed by atoms with van der Waals surface area (Å²) in [5.74, 6) is 0. The Bertz CT molecular complexity index is 968. The maximum Gasteiger partial charge on any atom is 0.229 e. The van der Waals surface area contributed by atoms with E-state index in [0.717, 1.165) is 23.1 Å². The van der Waals surface area contributed by atoms with E-state index < -0.39 is 15.3 Å². The summed E-state index contributed by atoms with van der Waals surface area (Å²) in [4.78, 5) is 0. The Hall–Kier alpha value is -2.47. The first kappa shape index (κ1) is 23.2. The maximum absolute atomic E-state index is 13.7. The maximum atomic E-state index is 13.7. The zero-order valence-corrected chi connectivity index (χ0v) is 19.2. The van der Waals surface area contributed by atoms with Gasteiger partial charge in [0.05, 0.1) is 5.25 Å². The molecular formula is C26H32N2O2S. The molecule has 0 N–H and O–H groups in total. The molecule has 0 saturated heterocycles. The van der Waals surface area contributed by atoms with Gasteiger partial charge in [0.15, 0.2) is 0 Å². The van der Waals surface area contributed by atoms with Crippen LogP contribution in [0.15, 0.2) is 91.0 Å². The van der Waals surface area contributed by atoms with Gasteiger partial charge in [0.2, 0.25) is 10.0 Å². The molecule has 0 bridgehead atoms. The van der Waals surface area contributed by atoms with Crippen LogP contribution in [0.4, 0.5) is 0 Å². The van der Waals surface area contributed by atoms with Crippen molar-refractivity contribution in [2.75, 3.05) is 6.54 Å². The molecule has 0 amide bonds. The molecule has 31 heavy (non-hydrogen) atoms. The quantitative estimate of drug-likeness (QED) is 0.384. The molecule has 0 aromatic heterocycles. The van der Waals surface area contributed by atoms with Crippen LogP contribution in [0.3, 0.4) is 0 Å². The molecule has 5 heteroatoms. The first-order valence-corrected chi connectivity index (χ1v) is 12.4. The molecule has 0 aliphatic heterocycles. The van der Waals surface area contributed by atoms with E-state index in [1.807, 2.05) is 110 Å². The summed E-state index contributed by atoms with van der Waals surface area (Å²) < 4.78 is 29.1. The monoisotopic (exact) mass is 436 g/mol. The van der Waals surface area contributed by atoms with E-state index >= 15 is 0 Å². The van der Waals surface area contributed by atoms with Crippen LogP contribution in [-0.2, 0) is 29.5 Å².